The van der Waals surface area contributed by atoms with Crippen LogP contribution in [0.5, 0.6) is 0 Å². The van der Waals surface area contributed by atoms with Gasteiger partial charge in [0.1, 0.15) is 5.78 Å². The van der Waals surface area contributed by atoms with E-state index in [0.29, 0.717) is 31.2 Å². The van der Waals surface area contributed by atoms with Gasteiger partial charge in [-0.2, -0.15) is 0 Å². The van der Waals surface area contributed by atoms with Gasteiger partial charge in [0.2, 0.25) is 0 Å². The summed E-state index contributed by atoms with van der Waals surface area (Å²) in [5.74, 6) is 6.24. The SMILES string of the molecule is COC(=O)OCC#CCN(Cc1ccccc1)C1CCC(=O)CC1. The molecule has 2 rings (SSSR count). The summed E-state index contributed by atoms with van der Waals surface area (Å²) in [6.45, 7) is 1.40. The Kier molecular flexibility index (Phi) is 7.31. The monoisotopic (exact) mass is 329 g/mol. The summed E-state index contributed by atoms with van der Waals surface area (Å²) in [7, 11) is 1.27. The maximum Gasteiger partial charge on any atom is 0.508 e. The molecule has 1 aliphatic carbocycles. The third-order valence-electron chi connectivity index (χ3n) is 4.09. The minimum Gasteiger partial charge on any atom is -0.438 e. The number of benzene rings is 1. The number of nitrogens with zero attached hydrogens (tertiary/aromatic N) is 1. The van der Waals surface area contributed by atoms with Crippen LogP contribution in [0.3, 0.4) is 0 Å². The number of hydrogen-bond donors (Lipinski definition) is 0. The molecule has 0 bridgehead atoms. The summed E-state index contributed by atoms with van der Waals surface area (Å²) < 4.78 is 9.14. The number of rotatable bonds is 5. The van der Waals surface area contributed by atoms with Gasteiger partial charge in [0.15, 0.2) is 6.61 Å². The highest BCUT2D eigenvalue weighted by Crippen LogP contribution is 2.22. The molecule has 0 saturated heterocycles. The van der Waals surface area contributed by atoms with Crippen molar-refractivity contribution in [2.24, 2.45) is 0 Å². The van der Waals surface area contributed by atoms with E-state index in [9.17, 15) is 9.59 Å². The smallest absolute Gasteiger partial charge is 0.438 e. The standard InChI is InChI=1S/C19H23NO4/c1-23-19(22)24-14-6-5-13-20(15-16-7-3-2-4-8-16)17-9-11-18(21)12-10-17/h2-4,7-8,17H,9-15H2,1H3. The summed E-state index contributed by atoms with van der Waals surface area (Å²) in [6.07, 6.45) is 2.33. The summed E-state index contributed by atoms with van der Waals surface area (Å²) >= 11 is 0. The van der Waals surface area contributed by atoms with Crippen LogP contribution in [0.25, 0.3) is 0 Å². The fraction of sp³-hybridized carbons (Fsp3) is 0.474. The van der Waals surface area contributed by atoms with Crippen molar-refractivity contribution in [3.05, 3.63) is 35.9 Å². The zero-order valence-electron chi connectivity index (χ0n) is 14.0. The molecule has 24 heavy (non-hydrogen) atoms. The maximum atomic E-state index is 11.5. The fourth-order valence-corrected chi connectivity index (χ4v) is 2.78. The second-order valence-corrected chi connectivity index (χ2v) is 5.76. The van der Waals surface area contributed by atoms with E-state index >= 15 is 0 Å². The average Bonchev–Trinajstić information content (AvgIpc) is 2.62. The van der Waals surface area contributed by atoms with Crippen LogP contribution in [0.15, 0.2) is 30.3 Å². The van der Waals surface area contributed by atoms with Crippen molar-refractivity contribution in [2.45, 2.75) is 38.3 Å². The molecule has 0 spiro atoms. The Morgan fingerprint density at radius 2 is 1.92 bits per heavy atom. The molecule has 128 valence electrons. The van der Waals surface area contributed by atoms with E-state index < -0.39 is 6.16 Å². The van der Waals surface area contributed by atoms with E-state index in [1.54, 1.807) is 0 Å². The largest absolute Gasteiger partial charge is 0.508 e. The Bertz CT molecular complexity index is 593. The van der Waals surface area contributed by atoms with Crippen LogP contribution in [-0.4, -0.2) is 43.1 Å². The number of carbonyl (C=O) groups is 2. The van der Waals surface area contributed by atoms with Crippen molar-refractivity contribution in [3.63, 3.8) is 0 Å². The Morgan fingerprint density at radius 3 is 2.58 bits per heavy atom. The van der Waals surface area contributed by atoms with Gasteiger partial charge in [0.25, 0.3) is 0 Å². The number of Topliss-reactive ketones (excluding diaryl/α,β-unsaturated/α-hetero) is 1. The molecule has 1 aromatic carbocycles. The molecule has 5 nitrogen and oxygen atoms in total. The Morgan fingerprint density at radius 1 is 1.21 bits per heavy atom. The molecule has 0 N–H and O–H groups in total. The van der Waals surface area contributed by atoms with Gasteiger partial charge in [0.05, 0.1) is 13.7 Å². The molecule has 1 aliphatic rings. The average molecular weight is 329 g/mol. The van der Waals surface area contributed by atoms with Gasteiger partial charge in [-0.3, -0.25) is 9.69 Å². The van der Waals surface area contributed by atoms with Crippen LogP contribution in [0, 0.1) is 11.8 Å². The number of ketones is 1. The lowest BCUT2D eigenvalue weighted by molar-refractivity contribution is -0.121. The van der Waals surface area contributed by atoms with Gasteiger partial charge in [-0.05, 0) is 18.4 Å². The molecule has 1 saturated carbocycles. The van der Waals surface area contributed by atoms with E-state index in [1.807, 2.05) is 18.2 Å². The molecule has 0 heterocycles. The number of carbonyl (C=O) groups excluding carboxylic acids is 2. The van der Waals surface area contributed by atoms with E-state index in [-0.39, 0.29) is 6.61 Å². The van der Waals surface area contributed by atoms with Crippen molar-refractivity contribution < 1.29 is 19.1 Å². The van der Waals surface area contributed by atoms with Crippen LogP contribution in [0.4, 0.5) is 4.79 Å². The van der Waals surface area contributed by atoms with Gasteiger partial charge >= 0.3 is 6.16 Å². The third-order valence-corrected chi connectivity index (χ3v) is 4.09. The second kappa shape index (κ2) is 9.74. The highest BCUT2D eigenvalue weighted by atomic mass is 16.7. The van der Waals surface area contributed by atoms with Crippen molar-refractivity contribution in [1.82, 2.24) is 4.90 Å². The van der Waals surface area contributed by atoms with Crippen LogP contribution < -0.4 is 0 Å². The van der Waals surface area contributed by atoms with Gasteiger partial charge < -0.3 is 9.47 Å². The Balaban J connectivity index is 1.93. The minimum atomic E-state index is -0.726. The van der Waals surface area contributed by atoms with Crippen LogP contribution in [0.1, 0.15) is 31.2 Å². The van der Waals surface area contributed by atoms with Crippen molar-refractivity contribution in [2.75, 3.05) is 20.3 Å². The predicted molar refractivity (Wildman–Crippen MR) is 90.2 cm³/mol. The van der Waals surface area contributed by atoms with Crippen molar-refractivity contribution in [3.8, 4) is 11.8 Å². The molecule has 1 fully saturated rings. The van der Waals surface area contributed by atoms with Gasteiger partial charge in [-0.25, -0.2) is 4.79 Å². The predicted octanol–water partition coefficient (Wildman–Crippen LogP) is 2.79. The lowest BCUT2D eigenvalue weighted by Crippen LogP contribution is -2.38. The van der Waals surface area contributed by atoms with Crippen molar-refractivity contribution >= 4 is 11.9 Å². The highest BCUT2D eigenvalue weighted by molar-refractivity contribution is 5.79. The number of hydrogen-bond acceptors (Lipinski definition) is 5. The van der Waals surface area contributed by atoms with E-state index in [0.717, 1.165) is 19.4 Å². The van der Waals surface area contributed by atoms with Crippen molar-refractivity contribution in [1.29, 1.82) is 0 Å². The molecule has 0 aliphatic heterocycles. The number of ether oxygens (including phenoxy) is 2. The quantitative estimate of drug-likeness (QED) is 0.614. The second-order valence-electron chi connectivity index (χ2n) is 5.76. The van der Waals surface area contributed by atoms with Gasteiger partial charge in [0, 0.05) is 25.4 Å². The highest BCUT2D eigenvalue weighted by Gasteiger charge is 2.24. The molecule has 0 amide bonds. The summed E-state index contributed by atoms with van der Waals surface area (Å²) in [5.41, 5.74) is 1.22. The van der Waals surface area contributed by atoms with Gasteiger partial charge in [-0.1, -0.05) is 42.2 Å². The fourth-order valence-electron chi connectivity index (χ4n) is 2.78. The zero-order valence-corrected chi connectivity index (χ0v) is 14.0. The summed E-state index contributed by atoms with van der Waals surface area (Å²) in [4.78, 5) is 24.6. The topological polar surface area (TPSA) is 55.8 Å². The van der Waals surface area contributed by atoms with E-state index in [4.69, 9.17) is 4.74 Å². The Labute approximate surface area is 142 Å². The minimum absolute atomic E-state index is 0.0228. The number of methoxy groups -OCH3 is 1. The molecule has 0 atom stereocenters. The molecular weight excluding hydrogens is 306 g/mol. The first-order valence-electron chi connectivity index (χ1n) is 8.15. The van der Waals surface area contributed by atoms with Crippen LogP contribution >= 0.6 is 0 Å². The molecular formula is C19H23NO4. The summed E-state index contributed by atoms with van der Waals surface area (Å²) in [6, 6.07) is 10.6. The summed E-state index contributed by atoms with van der Waals surface area (Å²) in [5, 5.41) is 0. The maximum absolute atomic E-state index is 11.5. The lowest BCUT2D eigenvalue weighted by Gasteiger charge is -2.32. The van der Waals surface area contributed by atoms with Crippen LogP contribution in [-0.2, 0) is 20.8 Å². The molecule has 1 aromatic rings. The molecule has 5 heteroatoms. The van der Waals surface area contributed by atoms with E-state index in [1.165, 1.54) is 12.7 Å². The zero-order chi connectivity index (χ0) is 17.2. The van der Waals surface area contributed by atoms with E-state index in [2.05, 4.69) is 33.6 Å². The molecule has 0 radical (unpaired) electrons. The first-order valence-corrected chi connectivity index (χ1v) is 8.15. The lowest BCUT2D eigenvalue weighted by atomic mass is 9.93. The molecule has 0 aromatic heterocycles. The first kappa shape index (κ1) is 18.0. The first-order chi connectivity index (χ1) is 11.7. The van der Waals surface area contributed by atoms with Crippen LogP contribution in [0.2, 0.25) is 0 Å². The third kappa shape index (κ3) is 6.05. The molecule has 0 unspecified atom stereocenters. The Hall–Kier alpha value is -2.32. The normalized spacial score (nSPS) is 14.8. The van der Waals surface area contributed by atoms with Gasteiger partial charge in [-0.15, -0.1) is 0 Å².